The fraction of sp³-hybridized carbons (Fsp3) is 0.917. The predicted molar refractivity (Wildman–Crippen MR) is 71.1 cm³/mol. The van der Waals surface area contributed by atoms with E-state index in [4.69, 9.17) is 5.73 Å². The number of amides is 1. The van der Waals surface area contributed by atoms with Crippen LogP contribution < -0.4 is 11.1 Å². The minimum atomic E-state index is -0.789. The monoisotopic (exact) mass is 260 g/mol. The normalized spacial score (nSPS) is 28.4. The molecule has 0 aromatic heterocycles. The lowest BCUT2D eigenvalue weighted by molar-refractivity contribution is -0.127. The van der Waals surface area contributed by atoms with E-state index in [1.54, 1.807) is 6.26 Å². The number of hydrogen-bond donors (Lipinski definition) is 2. The van der Waals surface area contributed by atoms with Crippen LogP contribution in [0.25, 0.3) is 0 Å². The Bertz CT molecular complexity index is 284. The molecule has 1 saturated carbocycles. The standard InChI is InChI=1S/C12H24N2O2S/c1-9(7-8-17(2)16)14-12(15)10-5-3-4-6-11(10)13/h9-11H,3-8,13H2,1-2H3,(H,14,15). The summed E-state index contributed by atoms with van der Waals surface area (Å²) in [6.07, 6.45) is 6.53. The Morgan fingerprint density at radius 1 is 1.47 bits per heavy atom. The highest BCUT2D eigenvalue weighted by molar-refractivity contribution is 7.84. The van der Waals surface area contributed by atoms with E-state index in [9.17, 15) is 9.00 Å². The summed E-state index contributed by atoms with van der Waals surface area (Å²) in [5.41, 5.74) is 5.97. The first-order valence-corrected chi connectivity index (χ1v) is 8.09. The smallest absolute Gasteiger partial charge is 0.224 e. The van der Waals surface area contributed by atoms with Crippen LogP contribution in [-0.4, -0.2) is 34.2 Å². The van der Waals surface area contributed by atoms with E-state index in [1.807, 2.05) is 6.92 Å². The third kappa shape index (κ3) is 5.17. The lowest BCUT2D eigenvalue weighted by Gasteiger charge is -2.28. The van der Waals surface area contributed by atoms with Gasteiger partial charge in [-0.25, -0.2) is 0 Å². The molecule has 0 bridgehead atoms. The van der Waals surface area contributed by atoms with Crippen molar-refractivity contribution in [3.8, 4) is 0 Å². The first-order chi connectivity index (χ1) is 8.00. The molecule has 0 aromatic rings. The van der Waals surface area contributed by atoms with Gasteiger partial charge in [0.2, 0.25) is 5.91 Å². The summed E-state index contributed by atoms with van der Waals surface area (Å²) in [4.78, 5) is 12.0. The van der Waals surface area contributed by atoms with Crippen LogP contribution in [0, 0.1) is 5.92 Å². The maximum Gasteiger partial charge on any atom is 0.224 e. The number of carbonyl (C=O) groups is 1. The fourth-order valence-electron chi connectivity index (χ4n) is 2.25. The van der Waals surface area contributed by atoms with E-state index in [1.165, 1.54) is 0 Å². The number of nitrogens with two attached hydrogens (primary N) is 1. The molecule has 1 aliphatic carbocycles. The molecule has 4 atom stereocenters. The molecule has 4 nitrogen and oxygen atoms in total. The van der Waals surface area contributed by atoms with Crippen molar-refractivity contribution in [2.24, 2.45) is 11.7 Å². The summed E-state index contributed by atoms with van der Waals surface area (Å²) < 4.78 is 11.0. The van der Waals surface area contributed by atoms with Gasteiger partial charge in [0.1, 0.15) is 0 Å². The second kappa shape index (κ2) is 7.11. The van der Waals surface area contributed by atoms with Crippen LogP contribution in [0.1, 0.15) is 39.0 Å². The predicted octanol–water partition coefficient (Wildman–Crippen LogP) is 0.777. The van der Waals surface area contributed by atoms with Gasteiger partial charge in [0.15, 0.2) is 0 Å². The molecule has 5 heteroatoms. The first kappa shape index (κ1) is 14.6. The zero-order valence-corrected chi connectivity index (χ0v) is 11.6. The third-order valence-electron chi connectivity index (χ3n) is 3.38. The quantitative estimate of drug-likeness (QED) is 0.767. The summed E-state index contributed by atoms with van der Waals surface area (Å²) in [5, 5.41) is 2.98. The molecule has 0 aromatic carbocycles. The maximum absolute atomic E-state index is 12.0. The average molecular weight is 260 g/mol. The SMILES string of the molecule is CC(CCS(C)=O)NC(=O)C1CCCCC1N. The van der Waals surface area contributed by atoms with Crippen molar-refractivity contribution in [3.05, 3.63) is 0 Å². The van der Waals surface area contributed by atoms with Gasteiger partial charge in [-0.2, -0.15) is 0 Å². The lowest BCUT2D eigenvalue weighted by Crippen LogP contribution is -2.46. The highest BCUT2D eigenvalue weighted by Gasteiger charge is 2.28. The summed E-state index contributed by atoms with van der Waals surface area (Å²) in [5.74, 6) is 0.683. The number of nitrogens with one attached hydrogen (secondary N) is 1. The largest absolute Gasteiger partial charge is 0.353 e. The van der Waals surface area contributed by atoms with Crippen molar-refractivity contribution >= 4 is 16.7 Å². The fourth-order valence-corrected chi connectivity index (χ4v) is 2.94. The molecular formula is C12H24N2O2S. The second-order valence-corrected chi connectivity index (χ2v) is 6.59. The van der Waals surface area contributed by atoms with Crippen LogP contribution in [0.3, 0.4) is 0 Å². The van der Waals surface area contributed by atoms with Crippen molar-refractivity contribution in [2.75, 3.05) is 12.0 Å². The summed E-state index contributed by atoms with van der Waals surface area (Å²) in [6, 6.07) is 0.0942. The van der Waals surface area contributed by atoms with Crippen LogP contribution in [0.2, 0.25) is 0 Å². The Kier molecular flexibility index (Phi) is 6.12. The van der Waals surface area contributed by atoms with Crippen molar-refractivity contribution < 1.29 is 9.00 Å². The number of rotatable bonds is 5. The number of carbonyl (C=O) groups excluding carboxylic acids is 1. The second-order valence-electron chi connectivity index (χ2n) is 5.03. The summed E-state index contributed by atoms with van der Waals surface area (Å²) in [6.45, 7) is 1.96. The number of hydrogen-bond acceptors (Lipinski definition) is 3. The Labute approximate surface area is 106 Å². The van der Waals surface area contributed by atoms with Gasteiger partial charge in [0.25, 0.3) is 0 Å². The van der Waals surface area contributed by atoms with Crippen molar-refractivity contribution in [1.82, 2.24) is 5.32 Å². The summed E-state index contributed by atoms with van der Waals surface area (Å²) in [7, 11) is -0.789. The molecule has 0 radical (unpaired) electrons. The van der Waals surface area contributed by atoms with E-state index in [0.717, 1.165) is 32.1 Å². The minimum Gasteiger partial charge on any atom is -0.353 e. The van der Waals surface area contributed by atoms with Crippen LogP contribution >= 0.6 is 0 Å². The highest BCUT2D eigenvalue weighted by atomic mass is 32.2. The molecule has 1 aliphatic rings. The van der Waals surface area contributed by atoms with Crippen molar-refractivity contribution in [3.63, 3.8) is 0 Å². The molecule has 0 aliphatic heterocycles. The van der Waals surface area contributed by atoms with Crippen LogP contribution in [-0.2, 0) is 15.6 Å². The van der Waals surface area contributed by atoms with E-state index in [0.29, 0.717) is 5.75 Å². The molecule has 3 N–H and O–H groups in total. The molecule has 1 rings (SSSR count). The Balaban J connectivity index is 2.34. The van der Waals surface area contributed by atoms with E-state index >= 15 is 0 Å². The van der Waals surface area contributed by atoms with E-state index in [2.05, 4.69) is 5.32 Å². The molecule has 0 heterocycles. The Morgan fingerprint density at radius 3 is 2.71 bits per heavy atom. The van der Waals surface area contributed by atoms with Crippen LogP contribution in [0.5, 0.6) is 0 Å². The molecule has 100 valence electrons. The molecule has 4 unspecified atom stereocenters. The minimum absolute atomic E-state index is 0.0104. The van der Waals surface area contributed by atoms with Crippen LogP contribution in [0.15, 0.2) is 0 Å². The van der Waals surface area contributed by atoms with Gasteiger partial charge in [-0.3, -0.25) is 9.00 Å². The summed E-state index contributed by atoms with van der Waals surface area (Å²) >= 11 is 0. The van der Waals surface area contributed by atoms with Gasteiger partial charge in [0.05, 0.1) is 5.92 Å². The highest BCUT2D eigenvalue weighted by Crippen LogP contribution is 2.23. The van der Waals surface area contributed by atoms with Gasteiger partial charge in [0, 0.05) is 34.9 Å². The van der Waals surface area contributed by atoms with Gasteiger partial charge in [-0.1, -0.05) is 12.8 Å². The molecule has 0 spiro atoms. The molecule has 1 fully saturated rings. The molecule has 0 saturated heterocycles. The Hall–Kier alpha value is -0.420. The van der Waals surface area contributed by atoms with Gasteiger partial charge < -0.3 is 11.1 Å². The lowest BCUT2D eigenvalue weighted by atomic mass is 9.84. The average Bonchev–Trinajstić information content (AvgIpc) is 2.26. The van der Waals surface area contributed by atoms with Gasteiger partial charge >= 0.3 is 0 Å². The topological polar surface area (TPSA) is 72.2 Å². The van der Waals surface area contributed by atoms with Gasteiger partial charge in [-0.15, -0.1) is 0 Å². The van der Waals surface area contributed by atoms with Crippen LogP contribution in [0.4, 0.5) is 0 Å². The van der Waals surface area contributed by atoms with E-state index in [-0.39, 0.29) is 23.9 Å². The van der Waals surface area contributed by atoms with E-state index < -0.39 is 10.8 Å². The molecule has 1 amide bonds. The third-order valence-corrected chi connectivity index (χ3v) is 4.19. The van der Waals surface area contributed by atoms with Crippen molar-refractivity contribution in [1.29, 1.82) is 0 Å². The van der Waals surface area contributed by atoms with Gasteiger partial charge in [-0.05, 0) is 26.2 Å². The zero-order chi connectivity index (χ0) is 12.8. The molecule has 17 heavy (non-hydrogen) atoms. The van der Waals surface area contributed by atoms with Crippen molar-refractivity contribution in [2.45, 2.75) is 51.1 Å². The zero-order valence-electron chi connectivity index (χ0n) is 10.8. The maximum atomic E-state index is 12.0. The first-order valence-electron chi connectivity index (χ1n) is 6.36. The Morgan fingerprint density at radius 2 is 2.12 bits per heavy atom. The molecular weight excluding hydrogens is 236 g/mol.